The van der Waals surface area contributed by atoms with Gasteiger partial charge in [0, 0.05) is 15.0 Å². The van der Waals surface area contributed by atoms with Crippen molar-refractivity contribution in [3.05, 3.63) is 40.3 Å². The highest BCUT2D eigenvalue weighted by atomic mass is 32.2. The van der Waals surface area contributed by atoms with E-state index in [4.69, 9.17) is 9.42 Å². The van der Waals surface area contributed by atoms with Crippen molar-refractivity contribution in [2.75, 3.05) is 0 Å². The second-order valence-corrected chi connectivity index (χ2v) is 5.11. The average molecular weight is 252 g/mol. The Morgan fingerprint density at radius 1 is 1.44 bits per heavy atom. The summed E-state index contributed by atoms with van der Waals surface area (Å²) in [5.41, 5.74) is 2.46. The van der Waals surface area contributed by atoms with Crippen molar-refractivity contribution in [1.82, 2.24) is 0 Å². The van der Waals surface area contributed by atoms with Gasteiger partial charge in [-0.1, -0.05) is 40.6 Å². The van der Waals surface area contributed by atoms with Crippen molar-refractivity contribution in [1.29, 1.82) is 0 Å². The SMILES string of the molecule is O=[P+](O)OC1N=C2C(=Cc3ccccc32)S1. The number of hydrogen-bond donors (Lipinski definition) is 1. The smallest absolute Gasteiger partial charge is 0.237 e. The van der Waals surface area contributed by atoms with Gasteiger partial charge >= 0.3 is 8.25 Å². The zero-order valence-corrected chi connectivity index (χ0v) is 9.74. The Morgan fingerprint density at radius 2 is 2.25 bits per heavy atom. The third-order valence-corrected chi connectivity index (χ3v) is 3.87. The van der Waals surface area contributed by atoms with E-state index in [-0.39, 0.29) is 0 Å². The van der Waals surface area contributed by atoms with Gasteiger partial charge in [0.1, 0.15) is 0 Å². The number of nitrogens with zero attached hydrogens (tertiary/aromatic N) is 1. The van der Waals surface area contributed by atoms with Crippen molar-refractivity contribution in [2.45, 2.75) is 5.56 Å². The molecule has 1 aromatic carbocycles. The molecule has 2 atom stereocenters. The van der Waals surface area contributed by atoms with Crippen molar-refractivity contribution in [2.24, 2.45) is 4.99 Å². The quantitative estimate of drug-likeness (QED) is 0.821. The van der Waals surface area contributed by atoms with Crippen LogP contribution in [-0.2, 0) is 9.09 Å². The van der Waals surface area contributed by atoms with Gasteiger partial charge < -0.3 is 0 Å². The van der Waals surface area contributed by atoms with Gasteiger partial charge in [0.05, 0.1) is 5.71 Å². The Labute approximate surface area is 97.0 Å². The number of hydrogen-bond acceptors (Lipinski definition) is 4. The van der Waals surface area contributed by atoms with Crippen LogP contribution in [0, 0.1) is 0 Å². The van der Waals surface area contributed by atoms with E-state index < -0.39 is 13.8 Å². The Bertz CT molecular complexity index is 541. The zero-order valence-electron chi connectivity index (χ0n) is 8.03. The highest BCUT2D eigenvalue weighted by molar-refractivity contribution is 8.05. The van der Waals surface area contributed by atoms with Crippen LogP contribution in [-0.4, -0.2) is 16.2 Å². The number of aliphatic imine (C=N–C) groups is 1. The highest BCUT2D eigenvalue weighted by Crippen LogP contribution is 2.43. The van der Waals surface area contributed by atoms with E-state index in [1.54, 1.807) is 0 Å². The fraction of sp³-hybridized carbons (Fsp3) is 0.100. The van der Waals surface area contributed by atoms with E-state index in [1.807, 2.05) is 30.3 Å². The highest BCUT2D eigenvalue weighted by Gasteiger charge is 2.35. The molecule has 1 N–H and O–H groups in total. The normalized spacial score (nSPS) is 22.3. The molecule has 0 radical (unpaired) electrons. The number of allylic oxidation sites excluding steroid dienone is 1. The summed E-state index contributed by atoms with van der Waals surface area (Å²) in [4.78, 5) is 13.9. The third-order valence-electron chi connectivity index (χ3n) is 2.38. The molecule has 2 aliphatic rings. The maximum Gasteiger partial charge on any atom is 0.697 e. The largest absolute Gasteiger partial charge is 0.697 e. The summed E-state index contributed by atoms with van der Waals surface area (Å²) in [6.07, 6.45) is 2.02. The maximum atomic E-state index is 10.5. The fourth-order valence-electron chi connectivity index (χ4n) is 1.77. The van der Waals surface area contributed by atoms with Crippen LogP contribution < -0.4 is 0 Å². The second-order valence-electron chi connectivity index (χ2n) is 3.34. The number of thioether (sulfide) groups is 1. The molecule has 0 aromatic heterocycles. The van der Waals surface area contributed by atoms with Crippen molar-refractivity contribution in [3.8, 4) is 0 Å². The van der Waals surface area contributed by atoms with Gasteiger partial charge in [0.15, 0.2) is 0 Å². The third kappa shape index (κ3) is 1.62. The maximum absolute atomic E-state index is 10.5. The van der Waals surface area contributed by atoms with Crippen LogP contribution in [0.5, 0.6) is 0 Å². The van der Waals surface area contributed by atoms with E-state index in [0.717, 1.165) is 21.7 Å². The van der Waals surface area contributed by atoms with Crippen molar-refractivity contribution < 1.29 is 14.0 Å². The predicted octanol–water partition coefficient (Wildman–Crippen LogP) is 2.53. The molecule has 0 fully saturated rings. The summed E-state index contributed by atoms with van der Waals surface area (Å²) in [5.74, 6) is 0. The molecule has 1 aliphatic heterocycles. The average Bonchev–Trinajstić information content (AvgIpc) is 2.73. The first-order valence-corrected chi connectivity index (χ1v) is 6.64. The van der Waals surface area contributed by atoms with Gasteiger partial charge in [-0.15, -0.1) is 4.89 Å². The summed E-state index contributed by atoms with van der Waals surface area (Å²) < 4.78 is 15.3. The molecule has 0 saturated carbocycles. The first kappa shape index (κ1) is 10.2. The topological polar surface area (TPSA) is 58.9 Å². The van der Waals surface area contributed by atoms with Crippen LogP contribution in [0.1, 0.15) is 11.1 Å². The van der Waals surface area contributed by atoms with Crippen LogP contribution in [0.2, 0.25) is 0 Å². The Morgan fingerprint density at radius 3 is 3.06 bits per heavy atom. The lowest BCUT2D eigenvalue weighted by atomic mass is 10.1. The summed E-state index contributed by atoms with van der Waals surface area (Å²) in [6, 6.07) is 7.93. The summed E-state index contributed by atoms with van der Waals surface area (Å²) in [6.45, 7) is 0. The van der Waals surface area contributed by atoms with Gasteiger partial charge in [0.2, 0.25) is 0 Å². The molecule has 2 unspecified atom stereocenters. The van der Waals surface area contributed by atoms with Crippen molar-refractivity contribution >= 4 is 31.8 Å². The lowest BCUT2D eigenvalue weighted by Gasteiger charge is -1.97. The molecule has 0 bridgehead atoms. The Hall–Kier alpha value is -1.00. The van der Waals surface area contributed by atoms with Crippen LogP contribution in [0.3, 0.4) is 0 Å². The minimum absolute atomic E-state index is 0.594. The summed E-state index contributed by atoms with van der Waals surface area (Å²) in [7, 11) is -2.60. The number of fused-ring (bicyclic) bond motifs is 3. The lowest BCUT2D eigenvalue weighted by Crippen LogP contribution is -1.97. The Kier molecular flexibility index (Phi) is 2.41. The minimum Gasteiger partial charge on any atom is -0.237 e. The van der Waals surface area contributed by atoms with Gasteiger partial charge in [-0.05, 0) is 11.6 Å². The zero-order chi connectivity index (χ0) is 11.1. The van der Waals surface area contributed by atoms with E-state index in [9.17, 15) is 4.57 Å². The van der Waals surface area contributed by atoms with Gasteiger partial charge in [-0.25, -0.2) is 4.99 Å². The molecule has 80 valence electrons. The molecule has 3 rings (SSSR count). The Balaban J connectivity index is 1.95. The standard InChI is InChI=1S/C10H6NO3PS/c12-15(13)14-10-11-9-7-4-2-1-3-6(7)5-8(9)16-10/h1-5,10H/p+1. The van der Waals surface area contributed by atoms with Gasteiger partial charge in [0.25, 0.3) is 5.56 Å². The monoisotopic (exact) mass is 252 g/mol. The molecular formula is C10H7NO3PS+. The molecule has 0 saturated heterocycles. The molecule has 16 heavy (non-hydrogen) atoms. The van der Waals surface area contributed by atoms with Crippen LogP contribution in [0.15, 0.2) is 34.2 Å². The van der Waals surface area contributed by atoms with Gasteiger partial charge in [-0.2, -0.15) is 0 Å². The van der Waals surface area contributed by atoms with E-state index >= 15 is 0 Å². The summed E-state index contributed by atoms with van der Waals surface area (Å²) in [5, 5.41) is 0. The lowest BCUT2D eigenvalue weighted by molar-refractivity contribution is 0.269. The first-order valence-electron chi connectivity index (χ1n) is 4.63. The van der Waals surface area contributed by atoms with E-state index in [1.165, 1.54) is 11.8 Å². The van der Waals surface area contributed by atoms with Crippen LogP contribution >= 0.6 is 20.0 Å². The van der Waals surface area contributed by atoms with Crippen LogP contribution in [0.4, 0.5) is 0 Å². The molecule has 1 aliphatic carbocycles. The van der Waals surface area contributed by atoms with Crippen molar-refractivity contribution in [3.63, 3.8) is 0 Å². The van der Waals surface area contributed by atoms with E-state index in [2.05, 4.69) is 4.99 Å². The molecule has 1 aromatic rings. The minimum atomic E-state index is -2.60. The molecule has 0 amide bonds. The van der Waals surface area contributed by atoms with Gasteiger partial charge in [-0.3, -0.25) is 0 Å². The second kappa shape index (κ2) is 3.79. The van der Waals surface area contributed by atoms with Crippen LogP contribution in [0.25, 0.3) is 6.08 Å². The molecule has 0 spiro atoms. The molecular weight excluding hydrogens is 245 g/mol. The molecule has 4 nitrogen and oxygen atoms in total. The first-order chi connectivity index (χ1) is 7.74. The number of benzene rings is 1. The predicted molar refractivity (Wildman–Crippen MR) is 63.2 cm³/mol. The fourth-order valence-corrected chi connectivity index (χ4v) is 3.21. The van der Waals surface area contributed by atoms with E-state index in [0.29, 0.717) is 0 Å². The summed E-state index contributed by atoms with van der Waals surface area (Å²) >= 11 is 1.36. The molecule has 1 heterocycles. The molecule has 6 heteroatoms. The number of rotatable bonds is 2.